The van der Waals surface area contributed by atoms with Crippen molar-refractivity contribution in [3.05, 3.63) is 24.3 Å². The Bertz CT molecular complexity index is 381. The van der Waals surface area contributed by atoms with Gasteiger partial charge in [-0.05, 0) is 44.2 Å². The predicted octanol–water partition coefficient (Wildman–Crippen LogP) is 5.21. The van der Waals surface area contributed by atoms with E-state index in [1.54, 1.807) is 0 Å². The van der Waals surface area contributed by atoms with Crippen molar-refractivity contribution in [3.8, 4) is 11.5 Å². The van der Waals surface area contributed by atoms with E-state index in [4.69, 9.17) is 9.47 Å². The summed E-state index contributed by atoms with van der Waals surface area (Å²) in [5.74, 6) is 2.59. The van der Waals surface area contributed by atoms with Crippen molar-refractivity contribution in [3.63, 3.8) is 0 Å². The lowest BCUT2D eigenvalue weighted by atomic mass is 10.0. The SMILES string of the molecule is CC[C@H](C)Oc1cccc(OCC2CCCCCC2)c1. The van der Waals surface area contributed by atoms with Crippen LogP contribution in [0.2, 0.25) is 0 Å². The van der Waals surface area contributed by atoms with Gasteiger partial charge in [0.25, 0.3) is 0 Å². The summed E-state index contributed by atoms with van der Waals surface area (Å²) in [7, 11) is 0. The van der Waals surface area contributed by atoms with Crippen LogP contribution in [0, 0.1) is 5.92 Å². The molecule has 0 aliphatic heterocycles. The third-order valence-corrected chi connectivity index (χ3v) is 4.18. The van der Waals surface area contributed by atoms with Gasteiger partial charge in [-0.15, -0.1) is 0 Å². The Morgan fingerprint density at radius 1 is 1.10 bits per heavy atom. The van der Waals surface area contributed by atoms with Crippen molar-refractivity contribution < 1.29 is 9.47 Å². The van der Waals surface area contributed by atoms with Gasteiger partial charge in [0.05, 0.1) is 12.7 Å². The molecule has 0 bridgehead atoms. The molecule has 0 amide bonds. The van der Waals surface area contributed by atoms with Crippen LogP contribution in [0.3, 0.4) is 0 Å². The van der Waals surface area contributed by atoms with Crippen LogP contribution in [-0.2, 0) is 0 Å². The van der Waals surface area contributed by atoms with Crippen LogP contribution in [0.4, 0.5) is 0 Å². The van der Waals surface area contributed by atoms with E-state index in [1.165, 1.54) is 38.5 Å². The van der Waals surface area contributed by atoms with Crippen LogP contribution in [0.15, 0.2) is 24.3 Å². The highest BCUT2D eigenvalue weighted by atomic mass is 16.5. The monoisotopic (exact) mass is 276 g/mol. The summed E-state index contributed by atoms with van der Waals surface area (Å²) in [6, 6.07) is 8.06. The first kappa shape index (κ1) is 15.2. The van der Waals surface area contributed by atoms with Gasteiger partial charge in [0, 0.05) is 6.07 Å². The van der Waals surface area contributed by atoms with Crippen molar-refractivity contribution in [2.24, 2.45) is 5.92 Å². The highest BCUT2D eigenvalue weighted by Crippen LogP contribution is 2.25. The second-order valence-corrected chi connectivity index (χ2v) is 5.98. The lowest BCUT2D eigenvalue weighted by Gasteiger charge is -2.17. The van der Waals surface area contributed by atoms with Gasteiger partial charge in [-0.1, -0.05) is 38.7 Å². The molecule has 0 heterocycles. The molecule has 1 fully saturated rings. The van der Waals surface area contributed by atoms with Gasteiger partial charge in [0.1, 0.15) is 11.5 Å². The predicted molar refractivity (Wildman–Crippen MR) is 83.5 cm³/mol. The first-order valence-electron chi connectivity index (χ1n) is 8.17. The zero-order valence-corrected chi connectivity index (χ0v) is 12.9. The molecule has 1 aliphatic rings. The highest BCUT2D eigenvalue weighted by Gasteiger charge is 2.13. The molecular formula is C18H28O2. The molecule has 112 valence electrons. The zero-order valence-electron chi connectivity index (χ0n) is 12.9. The molecule has 0 radical (unpaired) electrons. The van der Waals surface area contributed by atoms with Crippen molar-refractivity contribution in [1.29, 1.82) is 0 Å². The van der Waals surface area contributed by atoms with Gasteiger partial charge < -0.3 is 9.47 Å². The molecule has 1 aromatic carbocycles. The van der Waals surface area contributed by atoms with Crippen molar-refractivity contribution in [1.82, 2.24) is 0 Å². The standard InChI is InChI=1S/C18H28O2/c1-3-15(2)20-18-12-8-11-17(13-18)19-14-16-9-6-4-5-7-10-16/h8,11-13,15-16H,3-7,9-10,14H2,1-2H3/t15-/m0/s1. The number of benzene rings is 1. The molecule has 1 atom stereocenters. The highest BCUT2D eigenvalue weighted by molar-refractivity contribution is 5.33. The van der Waals surface area contributed by atoms with Crippen molar-refractivity contribution in [2.45, 2.75) is 64.9 Å². The van der Waals surface area contributed by atoms with Crippen LogP contribution >= 0.6 is 0 Å². The van der Waals surface area contributed by atoms with Crippen molar-refractivity contribution in [2.75, 3.05) is 6.61 Å². The smallest absolute Gasteiger partial charge is 0.123 e. The quantitative estimate of drug-likeness (QED) is 0.664. The van der Waals surface area contributed by atoms with Gasteiger partial charge >= 0.3 is 0 Å². The molecule has 0 saturated heterocycles. The summed E-state index contributed by atoms with van der Waals surface area (Å²) >= 11 is 0. The molecule has 1 aliphatic carbocycles. The van der Waals surface area contributed by atoms with Crippen molar-refractivity contribution >= 4 is 0 Å². The van der Waals surface area contributed by atoms with Gasteiger partial charge in [-0.3, -0.25) is 0 Å². The maximum atomic E-state index is 5.98. The van der Waals surface area contributed by atoms with Crippen LogP contribution < -0.4 is 9.47 Å². The summed E-state index contributed by atoms with van der Waals surface area (Å²) in [4.78, 5) is 0. The van der Waals surface area contributed by atoms with Gasteiger partial charge in [-0.2, -0.15) is 0 Å². The van der Waals surface area contributed by atoms with Crippen LogP contribution in [0.1, 0.15) is 58.8 Å². The minimum atomic E-state index is 0.257. The van der Waals surface area contributed by atoms with E-state index in [0.29, 0.717) is 0 Å². The Morgan fingerprint density at radius 3 is 2.50 bits per heavy atom. The summed E-state index contributed by atoms with van der Waals surface area (Å²) in [5.41, 5.74) is 0. The maximum Gasteiger partial charge on any atom is 0.123 e. The average molecular weight is 276 g/mol. The minimum Gasteiger partial charge on any atom is -0.493 e. The Hall–Kier alpha value is -1.18. The average Bonchev–Trinajstić information content (AvgIpc) is 2.74. The molecule has 2 nitrogen and oxygen atoms in total. The Labute approximate surface area is 123 Å². The summed E-state index contributed by atoms with van der Waals surface area (Å²) < 4.78 is 11.8. The van der Waals surface area contributed by atoms with Gasteiger partial charge in [-0.25, -0.2) is 0 Å². The Kier molecular flexibility index (Phi) is 6.23. The topological polar surface area (TPSA) is 18.5 Å². The van der Waals surface area contributed by atoms with E-state index in [9.17, 15) is 0 Å². The molecule has 0 spiro atoms. The van der Waals surface area contributed by atoms with E-state index in [0.717, 1.165) is 30.4 Å². The third-order valence-electron chi connectivity index (χ3n) is 4.18. The van der Waals surface area contributed by atoms with Gasteiger partial charge in [0.15, 0.2) is 0 Å². The summed E-state index contributed by atoms with van der Waals surface area (Å²) in [6.07, 6.45) is 9.45. The second-order valence-electron chi connectivity index (χ2n) is 5.98. The number of ether oxygens (including phenoxy) is 2. The maximum absolute atomic E-state index is 5.98. The van der Waals surface area contributed by atoms with Crippen LogP contribution in [0.25, 0.3) is 0 Å². The van der Waals surface area contributed by atoms with E-state index in [2.05, 4.69) is 13.8 Å². The fourth-order valence-electron chi connectivity index (χ4n) is 2.70. The normalized spacial score (nSPS) is 18.3. The summed E-state index contributed by atoms with van der Waals surface area (Å²) in [6.45, 7) is 5.09. The zero-order chi connectivity index (χ0) is 14.2. The first-order valence-corrected chi connectivity index (χ1v) is 8.17. The molecule has 2 rings (SSSR count). The molecule has 1 saturated carbocycles. The number of hydrogen-bond donors (Lipinski definition) is 0. The molecule has 0 aromatic heterocycles. The Morgan fingerprint density at radius 2 is 1.80 bits per heavy atom. The Balaban J connectivity index is 1.84. The molecular weight excluding hydrogens is 248 g/mol. The first-order chi connectivity index (χ1) is 9.78. The molecule has 2 heteroatoms. The van der Waals surface area contributed by atoms with E-state index in [1.807, 2.05) is 24.3 Å². The molecule has 20 heavy (non-hydrogen) atoms. The largest absolute Gasteiger partial charge is 0.493 e. The third kappa shape index (κ3) is 5.07. The van der Waals surface area contributed by atoms with Gasteiger partial charge in [0.2, 0.25) is 0 Å². The summed E-state index contributed by atoms with van der Waals surface area (Å²) in [5, 5.41) is 0. The van der Waals surface area contributed by atoms with Crippen LogP contribution in [-0.4, -0.2) is 12.7 Å². The fourth-order valence-corrected chi connectivity index (χ4v) is 2.70. The van der Waals surface area contributed by atoms with E-state index < -0.39 is 0 Å². The fraction of sp³-hybridized carbons (Fsp3) is 0.667. The minimum absolute atomic E-state index is 0.257. The lowest BCUT2D eigenvalue weighted by Crippen LogP contribution is -2.12. The van der Waals surface area contributed by atoms with E-state index in [-0.39, 0.29) is 6.10 Å². The molecule has 1 aromatic rings. The molecule has 0 unspecified atom stereocenters. The van der Waals surface area contributed by atoms with Crippen LogP contribution in [0.5, 0.6) is 11.5 Å². The second kappa shape index (κ2) is 8.18. The number of hydrogen-bond acceptors (Lipinski definition) is 2. The molecule has 0 N–H and O–H groups in total. The number of rotatable bonds is 6. The lowest BCUT2D eigenvalue weighted by molar-refractivity contribution is 0.211. The van der Waals surface area contributed by atoms with E-state index >= 15 is 0 Å².